The second-order valence-electron chi connectivity index (χ2n) is 10.4. The third-order valence-electron chi connectivity index (χ3n) is 7.20. The van der Waals surface area contributed by atoms with Crippen molar-refractivity contribution in [3.8, 4) is 11.5 Å². The first-order valence-corrected chi connectivity index (χ1v) is 17.6. The van der Waals surface area contributed by atoms with Crippen LogP contribution in [0.4, 0.5) is 0 Å². The second-order valence-corrected chi connectivity index (χ2v) is 13.9. The summed E-state index contributed by atoms with van der Waals surface area (Å²) in [6.07, 6.45) is 0. The van der Waals surface area contributed by atoms with Crippen molar-refractivity contribution in [2.24, 2.45) is 0 Å². The summed E-state index contributed by atoms with van der Waals surface area (Å²) in [5, 5.41) is 0.00207. The van der Waals surface area contributed by atoms with E-state index in [-0.39, 0.29) is 11.3 Å². The predicted octanol–water partition coefficient (Wildman–Crippen LogP) is 11.9. The van der Waals surface area contributed by atoms with E-state index in [1.807, 2.05) is 72.4 Å². The Bertz CT molecular complexity index is 1670. The van der Waals surface area contributed by atoms with Crippen LogP contribution >= 0.6 is 36.2 Å². The Morgan fingerprint density at radius 2 is 0.978 bits per heavy atom. The number of hydrogen-bond donors (Lipinski definition) is 0. The van der Waals surface area contributed by atoms with Gasteiger partial charge in [0.05, 0.1) is 11.3 Å². The van der Waals surface area contributed by atoms with Gasteiger partial charge in [0, 0.05) is 15.9 Å². The standard InChI is InChI=1S/C39H33BrNO2PS/c40-34-26-28-37(29-27-34)45-39(33-20-10-3-11-21-33)38(32-18-8-2-9-19-32)41(30-31-16-6-1-7-17-31)44(42-35-22-12-4-13-23-35)43-36-24-14-5-15-25-36/h1-29,38-39H,30H2/t38-,39+/m1/s1. The minimum absolute atomic E-state index is 0.00207. The van der Waals surface area contributed by atoms with Crippen LogP contribution in [0.25, 0.3) is 0 Å². The zero-order chi connectivity index (χ0) is 30.7. The first-order chi connectivity index (χ1) is 22.2. The third kappa shape index (κ3) is 8.65. The average Bonchev–Trinajstić information content (AvgIpc) is 3.10. The van der Waals surface area contributed by atoms with Gasteiger partial charge in [-0.2, -0.15) is 0 Å². The number of rotatable bonds is 13. The second kappa shape index (κ2) is 15.9. The zero-order valence-corrected chi connectivity index (χ0v) is 27.9. The quantitative estimate of drug-likeness (QED) is 0.0888. The van der Waals surface area contributed by atoms with Gasteiger partial charge in [-0.25, -0.2) is 4.67 Å². The molecule has 0 heterocycles. The lowest BCUT2D eigenvalue weighted by molar-refractivity contribution is 0.274. The lowest BCUT2D eigenvalue weighted by Crippen LogP contribution is -2.31. The molecular weight excluding hydrogens is 657 g/mol. The number of nitrogens with zero attached hydrogens (tertiary/aromatic N) is 1. The lowest BCUT2D eigenvalue weighted by Gasteiger charge is -2.40. The molecule has 0 amide bonds. The van der Waals surface area contributed by atoms with E-state index in [4.69, 9.17) is 9.05 Å². The Labute approximate surface area is 280 Å². The van der Waals surface area contributed by atoms with Crippen LogP contribution < -0.4 is 9.05 Å². The lowest BCUT2D eigenvalue weighted by atomic mass is 9.97. The van der Waals surface area contributed by atoms with Gasteiger partial charge in [0.25, 0.3) is 0 Å². The summed E-state index contributed by atoms with van der Waals surface area (Å²) in [7, 11) is -1.65. The van der Waals surface area contributed by atoms with Crippen LogP contribution in [-0.4, -0.2) is 4.67 Å². The molecule has 0 spiro atoms. The zero-order valence-electron chi connectivity index (χ0n) is 24.6. The Kier molecular flexibility index (Phi) is 11.0. The maximum Gasteiger partial charge on any atom is 0.385 e. The van der Waals surface area contributed by atoms with Gasteiger partial charge in [0.2, 0.25) is 0 Å². The van der Waals surface area contributed by atoms with Crippen molar-refractivity contribution in [1.82, 2.24) is 4.67 Å². The van der Waals surface area contributed by atoms with Gasteiger partial charge < -0.3 is 9.05 Å². The van der Waals surface area contributed by atoms with Crippen molar-refractivity contribution in [3.63, 3.8) is 0 Å². The molecule has 0 saturated carbocycles. The maximum atomic E-state index is 6.86. The molecule has 0 aliphatic rings. The highest BCUT2D eigenvalue weighted by atomic mass is 79.9. The molecule has 0 fully saturated rings. The number of para-hydroxylation sites is 2. The summed E-state index contributed by atoms with van der Waals surface area (Å²) in [6, 6.07) is 60.5. The number of halogens is 1. The summed E-state index contributed by atoms with van der Waals surface area (Å²) in [5.41, 5.74) is 3.60. The molecule has 6 rings (SSSR count). The van der Waals surface area contributed by atoms with Crippen LogP contribution in [0.1, 0.15) is 28.0 Å². The van der Waals surface area contributed by atoms with Crippen molar-refractivity contribution in [3.05, 3.63) is 197 Å². The molecule has 2 atom stereocenters. The highest BCUT2D eigenvalue weighted by Gasteiger charge is 2.39. The largest absolute Gasteiger partial charge is 0.427 e. The molecule has 6 aromatic rings. The van der Waals surface area contributed by atoms with Gasteiger partial charge in [0.15, 0.2) is 0 Å². The highest BCUT2D eigenvalue weighted by Crippen LogP contribution is 2.56. The fourth-order valence-electron chi connectivity index (χ4n) is 5.07. The van der Waals surface area contributed by atoms with Gasteiger partial charge >= 0.3 is 8.53 Å². The van der Waals surface area contributed by atoms with E-state index in [1.54, 1.807) is 0 Å². The van der Waals surface area contributed by atoms with Crippen LogP contribution in [0.15, 0.2) is 185 Å². The fraction of sp³-hybridized carbons (Fsp3) is 0.0769. The van der Waals surface area contributed by atoms with E-state index in [9.17, 15) is 0 Å². The van der Waals surface area contributed by atoms with Gasteiger partial charge in [-0.05, 0) is 65.2 Å². The van der Waals surface area contributed by atoms with Gasteiger partial charge in [-0.15, -0.1) is 11.8 Å². The highest BCUT2D eigenvalue weighted by molar-refractivity contribution is 9.10. The summed E-state index contributed by atoms with van der Waals surface area (Å²) in [4.78, 5) is 1.19. The van der Waals surface area contributed by atoms with Crippen molar-refractivity contribution in [2.75, 3.05) is 0 Å². The molecule has 0 aromatic heterocycles. The van der Waals surface area contributed by atoms with Gasteiger partial charge in [-0.3, -0.25) is 0 Å². The van der Waals surface area contributed by atoms with E-state index < -0.39 is 8.53 Å². The molecule has 0 aliphatic carbocycles. The number of benzene rings is 6. The summed E-state index contributed by atoms with van der Waals surface area (Å²) in [6.45, 7) is 0.621. The first-order valence-electron chi connectivity index (χ1n) is 14.8. The number of hydrogen-bond acceptors (Lipinski definition) is 4. The summed E-state index contributed by atoms with van der Waals surface area (Å²) in [5.74, 6) is 1.53. The van der Waals surface area contributed by atoms with Crippen molar-refractivity contribution < 1.29 is 9.05 Å². The summed E-state index contributed by atoms with van der Waals surface area (Å²) >= 11 is 5.48. The minimum atomic E-state index is -1.65. The Morgan fingerprint density at radius 3 is 1.49 bits per heavy atom. The molecular formula is C39H33BrNO2PS. The smallest absolute Gasteiger partial charge is 0.385 e. The summed E-state index contributed by atoms with van der Waals surface area (Å²) < 4.78 is 17.2. The van der Waals surface area contributed by atoms with E-state index in [2.05, 4.69) is 136 Å². The van der Waals surface area contributed by atoms with E-state index >= 15 is 0 Å². The van der Waals surface area contributed by atoms with Crippen molar-refractivity contribution in [2.45, 2.75) is 22.7 Å². The van der Waals surface area contributed by atoms with E-state index in [0.29, 0.717) is 6.54 Å². The van der Waals surface area contributed by atoms with Crippen molar-refractivity contribution >= 4 is 36.2 Å². The van der Waals surface area contributed by atoms with Crippen LogP contribution in [0.5, 0.6) is 11.5 Å². The van der Waals surface area contributed by atoms with Crippen LogP contribution in [0, 0.1) is 0 Å². The average molecular weight is 691 g/mol. The molecule has 0 N–H and O–H groups in total. The Hall–Kier alpha value is -3.86. The monoisotopic (exact) mass is 689 g/mol. The first kappa shape index (κ1) is 31.1. The molecule has 0 radical (unpaired) electrons. The Balaban J connectivity index is 1.53. The SMILES string of the molecule is Brc1ccc(S[C@@H](c2ccccc2)[C@@H](c2ccccc2)N(Cc2ccccc2)P(Oc2ccccc2)Oc2ccccc2)cc1. The molecule has 0 saturated heterocycles. The van der Waals surface area contributed by atoms with Gasteiger partial charge in [0.1, 0.15) is 11.5 Å². The molecule has 0 unspecified atom stereocenters. The molecule has 0 bridgehead atoms. The number of thioether (sulfide) groups is 1. The van der Waals surface area contributed by atoms with Gasteiger partial charge in [-0.1, -0.05) is 143 Å². The van der Waals surface area contributed by atoms with Crippen LogP contribution in [0.2, 0.25) is 0 Å². The van der Waals surface area contributed by atoms with E-state index in [1.165, 1.54) is 21.6 Å². The van der Waals surface area contributed by atoms with Crippen molar-refractivity contribution in [1.29, 1.82) is 0 Å². The Morgan fingerprint density at radius 1 is 0.533 bits per heavy atom. The van der Waals surface area contributed by atoms with Crippen LogP contribution in [-0.2, 0) is 6.54 Å². The molecule has 6 heteroatoms. The minimum Gasteiger partial charge on any atom is -0.427 e. The molecule has 6 aromatic carbocycles. The van der Waals surface area contributed by atoms with E-state index in [0.717, 1.165) is 16.0 Å². The molecule has 224 valence electrons. The third-order valence-corrected chi connectivity index (χ3v) is 10.6. The normalized spacial score (nSPS) is 12.5. The predicted molar refractivity (Wildman–Crippen MR) is 191 cm³/mol. The molecule has 45 heavy (non-hydrogen) atoms. The maximum absolute atomic E-state index is 6.86. The van der Waals surface area contributed by atoms with Crippen LogP contribution in [0.3, 0.4) is 0 Å². The fourth-order valence-corrected chi connectivity index (χ4v) is 8.33. The molecule has 3 nitrogen and oxygen atoms in total. The molecule has 0 aliphatic heterocycles. The topological polar surface area (TPSA) is 21.7 Å².